The van der Waals surface area contributed by atoms with Crippen molar-refractivity contribution in [3.8, 4) is 0 Å². The average molecular weight is 213 g/mol. The molecule has 0 rings (SSSR count). The lowest BCUT2D eigenvalue weighted by molar-refractivity contribution is -0.122. The smallest absolute Gasteiger partial charge is 0.220 e. The molecule has 0 spiro atoms. The molecule has 1 N–H and O–H groups in total. The molecule has 0 saturated heterocycles. The summed E-state index contributed by atoms with van der Waals surface area (Å²) in [5.41, 5.74) is 0. The molecule has 2 nitrogen and oxygen atoms in total. The van der Waals surface area contributed by atoms with E-state index in [1.807, 2.05) is 0 Å². The molecule has 0 bridgehead atoms. The summed E-state index contributed by atoms with van der Waals surface area (Å²) in [5.74, 6) is 1.48. The molecular formula is C13H27NO. The quantitative estimate of drug-likeness (QED) is 0.645. The number of hydrogen-bond donors (Lipinski definition) is 1. The second-order valence-corrected chi connectivity index (χ2v) is 5.24. The molecule has 0 aliphatic heterocycles. The second-order valence-electron chi connectivity index (χ2n) is 5.24. The minimum absolute atomic E-state index is 0.208. The van der Waals surface area contributed by atoms with Gasteiger partial charge in [0.1, 0.15) is 0 Å². The molecule has 0 saturated carbocycles. The highest BCUT2D eigenvalue weighted by Crippen LogP contribution is 2.08. The zero-order valence-electron chi connectivity index (χ0n) is 11.0. The van der Waals surface area contributed by atoms with E-state index in [0.717, 1.165) is 12.3 Å². The van der Waals surface area contributed by atoms with Crippen LogP contribution in [0, 0.1) is 11.8 Å². The summed E-state index contributed by atoms with van der Waals surface area (Å²) in [5, 5.41) is 3.03. The molecule has 1 amide bonds. The Morgan fingerprint density at radius 3 is 2.13 bits per heavy atom. The minimum atomic E-state index is 0.208. The van der Waals surface area contributed by atoms with Gasteiger partial charge in [0.25, 0.3) is 0 Å². The van der Waals surface area contributed by atoms with Crippen molar-refractivity contribution < 1.29 is 4.79 Å². The highest BCUT2D eigenvalue weighted by molar-refractivity contribution is 5.76. The first-order valence-corrected chi connectivity index (χ1v) is 6.22. The summed E-state index contributed by atoms with van der Waals surface area (Å²) >= 11 is 0. The third-order valence-electron chi connectivity index (χ3n) is 2.82. The van der Waals surface area contributed by atoms with E-state index in [1.165, 1.54) is 12.8 Å². The molecule has 1 unspecified atom stereocenters. The number of amides is 1. The largest absolute Gasteiger partial charge is 0.353 e. The van der Waals surface area contributed by atoms with E-state index >= 15 is 0 Å². The number of rotatable bonds is 7. The lowest BCUT2D eigenvalue weighted by atomic mass is 10.0. The van der Waals surface area contributed by atoms with Crippen LogP contribution < -0.4 is 5.32 Å². The summed E-state index contributed by atoms with van der Waals surface area (Å²) in [6.07, 6.45) is 4.10. The van der Waals surface area contributed by atoms with Crippen molar-refractivity contribution in [2.45, 2.75) is 66.3 Å². The fourth-order valence-corrected chi connectivity index (χ4v) is 1.33. The summed E-state index contributed by atoms with van der Waals surface area (Å²) in [6, 6.07) is 0.294. The summed E-state index contributed by atoms with van der Waals surface area (Å²) in [4.78, 5) is 11.5. The summed E-state index contributed by atoms with van der Waals surface area (Å²) in [7, 11) is 0. The van der Waals surface area contributed by atoms with Crippen LogP contribution in [0.3, 0.4) is 0 Å². The van der Waals surface area contributed by atoms with Crippen LogP contribution in [-0.4, -0.2) is 11.9 Å². The Labute approximate surface area is 94.8 Å². The maximum atomic E-state index is 11.5. The van der Waals surface area contributed by atoms with E-state index in [-0.39, 0.29) is 5.91 Å². The molecule has 0 fully saturated rings. The zero-order chi connectivity index (χ0) is 11.8. The molecule has 0 aromatic heterocycles. The van der Waals surface area contributed by atoms with Crippen LogP contribution in [0.15, 0.2) is 0 Å². The molecule has 0 aromatic rings. The van der Waals surface area contributed by atoms with Crippen LogP contribution in [0.2, 0.25) is 0 Å². The van der Waals surface area contributed by atoms with Crippen LogP contribution in [0.25, 0.3) is 0 Å². The predicted molar refractivity (Wildman–Crippen MR) is 65.7 cm³/mol. The first-order valence-electron chi connectivity index (χ1n) is 6.22. The highest BCUT2D eigenvalue weighted by atomic mass is 16.1. The summed E-state index contributed by atoms with van der Waals surface area (Å²) < 4.78 is 0. The number of hydrogen-bond acceptors (Lipinski definition) is 1. The Morgan fingerprint density at radius 1 is 1.07 bits per heavy atom. The summed E-state index contributed by atoms with van der Waals surface area (Å²) in [6.45, 7) is 10.8. The van der Waals surface area contributed by atoms with Gasteiger partial charge in [-0.25, -0.2) is 0 Å². The molecule has 0 aliphatic carbocycles. The lowest BCUT2D eigenvalue weighted by Gasteiger charge is -2.17. The molecule has 0 aromatic carbocycles. The maximum Gasteiger partial charge on any atom is 0.220 e. The lowest BCUT2D eigenvalue weighted by Crippen LogP contribution is -2.35. The van der Waals surface area contributed by atoms with Gasteiger partial charge in [0.15, 0.2) is 0 Å². The molecule has 2 heteroatoms. The van der Waals surface area contributed by atoms with Gasteiger partial charge in [-0.15, -0.1) is 0 Å². The highest BCUT2D eigenvalue weighted by Gasteiger charge is 2.09. The van der Waals surface area contributed by atoms with Gasteiger partial charge in [-0.05, 0) is 25.2 Å². The topological polar surface area (TPSA) is 29.1 Å². The molecule has 0 aliphatic rings. The van der Waals surface area contributed by atoms with Gasteiger partial charge in [-0.2, -0.15) is 0 Å². The van der Waals surface area contributed by atoms with E-state index in [0.29, 0.717) is 18.4 Å². The van der Waals surface area contributed by atoms with Gasteiger partial charge in [0, 0.05) is 12.5 Å². The fraction of sp³-hybridized carbons (Fsp3) is 0.923. The Bertz CT molecular complexity index is 175. The van der Waals surface area contributed by atoms with E-state index in [4.69, 9.17) is 0 Å². The van der Waals surface area contributed by atoms with Gasteiger partial charge in [0.05, 0.1) is 0 Å². The van der Waals surface area contributed by atoms with E-state index in [9.17, 15) is 4.79 Å². The Kier molecular flexibility index (Phi) is 7.45. The second kappa shape index (κ2) is 7.72. The van der Waals surface area contributed by atoms with Gasteiger partial charge >= 0.3 is 0 Å². The van der Waals surface area contributed by atoms with Gasteiger partial charge in [-0.3, -0.25) is 4.79 Å². The van der Waals surface area contributed by atoms with Gasteiger partial charge in [0.2, 0.25) is 5.91 Å². The number of carbonyl (C=O) groups excluding carboxylic acids is 1. The van der Waals surface area contributed by atoms with Crippen molar-refractivity contribution in [2.24, 2.45) is 11.8 Å². The predicted octanol–water partition coefficient (Wildman–Crippen LogP) is 3.36. The molecule has 0 heterocycles. The van der Waals surface area contributed by atoms with E-state index in [1.54, 1.807) is 0 Å². The standard InChI is InChI=1S/C13H27NO/c1-10(2)8-6-7-9-13(15)14-12(5)11(3)4/h10-12H,6-9H2,1-5H3,(H,14,15). The third kappa shape index (κ3) is 8.46. The molecule has 90 valence electrons. The van der Waals surface area contributed by atoms with Crippen LogP contribution in [0.5, 0.6) is 0 Å². The minimum Gasteiger partial charge on any atom is -0.353 e. The van der Waals surface area contributed by atoms with Crippen molar-refractivity contribution in [1.82, 2.24) is 5.32 Å². The van der Waals surface area contributed by atoms with Crippen molar-refractivity contribution in [3.63, 3.8) is 0 Å². The normalized spacial score (nSPS) is 13.3. The zero-order valence-corrected chi connectivity index (χ0v) is 11.0. The van der Waals surface area contributed by atoms with Gasteiger partial charge < -0.3 is 5.32 Å². The first-order chi connectivity index (χ1) is 6.93. The van der Waals surface area contributed by atoms with Crippen molar-refractivity contribution in [2.75, 3.05) is 0 Å². The number of nitrogens with one attached hydrogen (secondary N) is 1. The van der Waals surface area contributed by atoms with Crippen LogP contribution >= 0.6 is 0 Å². The van der Waals surface area contributed by atoms with Crippen LogP contribution in [0.4, 0.5) is 0 Å². The van der Waals surface area contributed by atoms with E-state index in [2.05, 4.69) is 39.9 Å². The number of carbonyl (C=O) groups is 1. The maximum absolute atomic E-state index is 11.5. The van der Waals surface area contributed by atoms with Crippen molar-refractivity contribution >= 4 is 5.91 Å². The monoisotopic (exact) mass is 213 g/mol. The Balaban J connectivity index is 3.49. The Morgan fingerprint density at radius 2 is 1.67 bits per heavy atom. The molecule has 0 radical (unpaired) electrons. The third-order valence-corrected chi connectivity index (χ3v) is 2.82. The van der Waals surface area contributed by atoms with Crippen molar-refractivity contribution in [3.05, 3.63) is 0 Å². The molecule has 15 heavy (non-hydrogen) atoms. The van der Waals surface area contributed by atoms with Crippen molar-refractivity contribution in [1.29, 1.82) is 0 Å². The fourth-order valence-electron chi connectivity index (χ4n) is 1.33. The molecular weight excluding hydrogens is 186 g/mol. The number of unbranched alkanes of at least 4 members (excludes halogenated alkanes) is 1. The van der Waals surface area contributed by atoms with Crippen LogP contribution in [-0.2, 0) is 4.79 Å². The van der Waals surface area contributed by atoms with Gasteiger partial charge in [-0.1, -0.05) is 40.5 Å². The molecule has 1 atom stereocenters. The SMILES string of the molecule is CC(C)CCCCC(=O)NC(C)C(C)C. The average Bonchev–Trinajstić information content (AvgIpc) is 2.12. The first kappa shape index (κ1) is 14.5. The Hall–Kier alpha value is -0.530. The van der Waals surface area contributed by atoms with Crippen LogP contribution in [0.1, 0.15) is 60.3 Å². The van der Waals surface area contributed by atoms with E-state index < -0.39 is 0 Å².